The molecular weight excluding hydrogens is 418 g/mol. The number of ether oxygens (including phenoxy) is 2. The topological polar surface area (TPSA) is 71.0 Å². The summed E-state index contributed by atoms with van der Waals surface area (Å²) >= 11 is 5.83. The Bertz CT molecular complexity index is 903. The summed E-state index contributed by atoms with van der Waals surface area (Å²) in [6.07, 6.45) is 1.91. The lowest BCUT2D eigenvalue weighted by Crippen LogP contribution is -2.50. The predicted molar refractivity (Wildman–Crippen MR) is 119 cm³/mol. The highest BCUT2D eigenvalue weighted by Gasteiger charge is 2.33. The third kappa shape index (κ3) is 4.85. The van der Waals surface area contributed by atoms with Crippen molar-refractivity contribution in [2.75, 3.05) is 58.4 Å². The minimum absolute atomic E-state index is 0.0168. The second-order valence-corrected chi connectivity index (χ2v) is 8.22. The Morgan fingerprint density at radius 2 is 1.87 bits per heavy atom. The maximum absolute atomic E-state index is 13.2. The van der Waals surface area contributed by atoms with Gasteiger partial charge in [-0.3, -0.25) is 9.69 Å². The summed E-state index contributed by atoms with van der Waals surface area (Å²) in [5.74, 6) is 2.55. The molecule has 0 spiro atoms. The van der Waals surface area contributed by atoms with Crippen LogP contribution in [0.1, 0.15) is 24.4 Å². The molecule has 0 aliphatic carbocycles. The SMILES string of the molecule is COc1ccc(OC)c([C@@H]2CCCN2C(=O)CN2CCN(c3ccc(Cl)nn3)CC2)c1. The van der Waals surface area contributed by atoms with Crippen LogP contribution < -0.4 is 14.4 Å². The molecule has 1 amide bonds. The number of benzene rings is 1. The smallest absolute Gasteiger partial charge is 0.237 e. The first kappa shape index (κ1) is 21.6. The summed E-state index contributed by atoms with van der Waals surface area (Å²) in [5, 5.41) is 8.46. The fraction of sp³-hybridized carbons (Fsp3) is 0.500. The highest BCUT2D eigenvalue weighted by atomic mass is 35.5. The molecule has 31 heavy (non-hydrogen) atoms. The van der Waals surface area contributed by atoms with Gasteiger partial charge in [-0.05, 0) is 43.2 Å². The zero-order valence-corrected chi connectivity index (χ0v) is 18.7. The Balaban J connectivity index is 1.38. The third-order valence-electron chi connectivity index (χ3n) is 6.04. The van der Waals surface area contributed by atoms with Crippen LogP contribution in [-0.2, 0) is 4.79 Å². The molecule has 2 saturated heterocycles. The summed E-state index contributed by atoms with van der Waals surface area (Å²) in [6, 6.07) is 9.43. The molecule has 2 aliphatic rings. The Morgan fingerprint density at radius 3 is 2.55 bits per heavy atom. The van der Waals surface area contributed by atoms with Gasteiger partial charge in [-0.1, -0.05) is 11.6 Å². The second-order valence-electron chi connectivity index (χ2n) is 7.83. The first-order chi connectivity index (χ1) is 15.1. The number of amides is 1. The molecule has 8 nitrogen and oxygen atoms in total. The summed E-state index contributed by atoms with van der Waals surface area (Å²) in [6.45, 7) is 4.40. The Kier molecular flexibility index (Phi) is 6.77. The van der Waals surface area contributed by atoms with Crippen LogP contribution in [0.4, 0.5) is 5.82 Å². The van der Waals surface area contributed by atoms with E-state index in [0.29, 0.717) is 11.7 Å². The number of carbonyl (C=O) groups is 1. The average Bonchev–Trinajstić information content (AvgIpc) is 3.30. The number of hydrogen-bond acceptors (Lipinski definition) is 7. The van der Waals surface area contributed by atoms with E-state index in [9.17, 15) is 4.79 Å². The molecule has 0 radical (unpaired) electrons. The lowest BCUT2D eigenvalue weighted by atomic mass is 10.0. The summed E-state index contributed by atoms with van der Waals surface area (Å²) in [5.41, 5.74) is 1.01. The third-order valence-corrected chi connectivity index (χ3v) is 6.24. The number of methoxy groups -OCH3 is 2. The molecule has 0 N–H and O–H groups in total. The molecule has 166 valence electrons. The molecular formula is C22H28ClN5O3. The van der Waals surface area contributed by atoms with Gasteiger partial charge in [0.2, 0.25) is 5.91 Å². The van der Waals surface area contributed by atoms with E-state index in [2.05, 4.69) is 20.0 Å². The van der Waals surface area contributed by atoms with Gasteiger partial charge in [-0.2, -0.15) is 0 Å². The highest BCUT2D eigenvalue weighted by molar-refractivity contribution is 6.29. The fourth-order valence-corrected chi connectivity index (χ4v) is 4.48. The average molecular weight is 446 g/mol. The zero-order chi connectivity index (χ0) is 21.8. The molecule has 0 saturated carbocycles. The first-order valence-electron chi connectivity index (χ1n) is 10.6. The first-order valence-corrected chi connectivity index (χ1v) is 10.9. The number of piperazine rings is 1. The number of aromatic nitrogens is 2. The van der Waals surface area contributed by atoms with Gasteiger partial charge in [0.1, 0.15) is 11.5 Å². The molecule has 1 aromatic carbocycles. The van der Waals surface area contributed by atoms with Gasteiger partial charge >= 0.3 is 0 Å². The Labute approximate surface area is 187 Å². The number of likely N-dealkylation sites (tertiary alicyclic amines) is 1. The number of carbonyl (C=O) groups excluding carboxylic acids is 1. The van der Waals surface area contributed by atoms with E-state index in [1.807, 2.05) is 29.2 Å². The number of halogens is 1. The van der Waals surface area contributed by atoms with Crippen LogP contribution in [0.25, 0.3) is 0 Å². The summed E-state index contributed by atoms with van der Waals surface area (Å²) < 4.78 is 11.0. The number of anilines is 1. The zero-order valence-electron chi connectivity index (χ0n) is 18.0. The lowest BCUT2D eigenvalue weighted by Gasteiger charge is -2.36. The predicted octanol–water partition coefficient (Wildman–Crippen LogP) is 2.63. The van der Waals surface area contributed by atoms with Crippen molar-refractivity contribution in [1.29, 1.82) is 0 Å². The summed E-state index contributed by atoms with van der Waals surface area (Å²) in [4.78, 5) is 19.6. The van der Waals surface area contributed by atoms with Crippen LogP contribution in [-0.4, -0.2) is 79.4 Å². The maximum Gasteiger partial charge on any atom is 0.237 e. The van der Waals surface area contributed by atoms with E-state index in [-0.39, 0.29) is 11.9 Å². The maximum atomic E-state index is 13.2. The van der Waals surface area contributed by atoms with Crippen molar-refractivity contribution < 1.29 is 14.3 Å². The van der Waals surface area contributed by atoms with Crippen LogP contribution >= 0.6 is 11.6 Å². The molecule has 1 atom stereocenters. The van der Waals surface area contributed by atoms with Crippen molar-refractivity contribution in [3.05, 3.63) is 41.0 Å². The van der Waals surface area contributed by atoms with Crippen molar-refractivity contribution in [3.8, 4) is 11.5 Å². The molecule has 2 aliphatic heterocycles. The van der Waals surface area contributed by atoms with Crippen molar-refractivity contribution in [1.82, 2.24) is 20.0 Å². The Morgan fingerprint density at radius 1 is 1.06 bits per heavy atom. The van der Waals surface area contributed by atoms with Crippen molar-refractivity contribution in [2.45, 2.75) is 18.9 Å². The highest BCUT2D eigenvalue weighted by Crippen LogP contribution is 2.39. The molecule has 9 heteroatoms. The van der Waals surface area contributed by atoms with Gasteiger partial charge in [-0.25, -0.2) is 0 Å². The molecule has 0 bridgehead atoms. The van der Waals surface area contributed by atoms with Gasteiger partial charge in [0.15, 0.2) is 11.0 Å². The van der Waals surface area contributed by atoms with Crippen molar-refractivity contribution in [2.24, 2.45) is 0 Å². The van der Waals surface area contributed by atoms with E-state index in [0.717, 1.165) is 68.4 Å². The normalized spacial score (nSPS) is 19.5. The van der Waals surface area contributed by atoms with E-state index in [1.54, 1.807) is 20.3 Å². The van der Waals surface area contributed by atoms with E-state index in [1.165, 1.54) is 0 Å². The second kappa shape index (κ2) is 9.70. The van der Waals surface area contributed by atoms with Gasteiger partial charge in [0.05, 0.1) is 26.8 Å². The molecule has 2 aromatic rings. The number of rotatable bonds is 6. The quantitative estimate of drug-likeness (QED) is 0.676. The minimum Gasteiger partial charge on any atom is -0.497 e. The van der Waals surface area contributed by atoms with Gasteiger partial charge in [0, 0.05) is 38.3 Å². The molecule has 2 fully saturated rings. The van der Waals surface area contributed by atoms with Crippen LogP contribution in [0.3, 0.4) is 0 Å². The van der Waals surface area contributed by atoms with E-state index >= 15 is 0 Å². The van der Waals surface area contributed by atoms with Crippen LogP contribution in [0.15, 0.2) is 30.3 Å². The van der Waals surface area contributed by atoms with Crippen molar-refractivity contribution in [3.63, 3.8) is 0 Å². The van der Waals surface area contributed by atoms with Crippen LogP contribution in [0, 0.1) is 0 Å². The van der Waals surface area contributed by atoms with Gasteiger partial charge in [0.25, 0.3) is 0 Å². The number of hydrogen-bond donors (Lipinski definition) is 0. The molecule has 0 unspecified atom stereocenters. The largest absolute Gasteiger partial charge is 0.497 e. The van der Waals surface area contributed by atoms with E-state index in [4.69, 9.17) is 21.1 Å². The van der Waals surface area contributed by atoms with Crippen LogP contribution in [0.2, 0.25) is 5.15 Å². The monoisotopic (exact) mass is 445 g/mol. The van der Waals surface area contributed by atoms with Gasteiger partial charge < -0.3 is 19.3 Å². The minimum atomic E-state index is 0.0168. The molecule has 3 heterocycles. The van der Waals surface area contributed by atoms with Gasteiger partial charge in [-0.15, -0.1) is 10.2 Å². The van der Waals surface area contributed by atoms with Crippen molar-refractivity contribution >= 4 is 23.3 Å². The van der Waals surface area contributed by atoms with E-state index < -0.39 is 0 Å². The molecule has 4 rings (SSSR count). The molecule has 1 aromatic heterocycles. The summed E-state index contributed by atoms with van der Waals surface area (Å²) in [7, 11) is 3.31. The standard InChI is InChI=1S/C22H28ClN5O3/c1-30-16-5-6-19(31-2)17(14-16)18-4-3-9-28(18)22(29)15-26-10-12-27(13-11-26)21-8-7-20(23)24-25-21/h5-8,14,18H,3-4,9-13,15H2,1-2H3/t18-/m0/s1. The fourth-order valence-electron chi connectivity index (χ4n) is 4.38. The lowest BCUT2D eigenvalue weighted by molar-refractivity contribution is -0.133. The number of nitrogens with zero attached hydrogens (tertiary/aromatic N) is 5. The Hall–Kier alpha value is -2.58. The van der Waals surface area contributed by atoms with Crippen LogP contribution in [0.5, 0.6) is 11.5 Å².